The van der Waals surface area contributed by atoms with Crippen molar-refractivity contribution in [2.45, 2.75) is 24.2 Å². The molecule has 2 rings (SSSR count). The molecular weight excluding hydrogens is 342 g/mol. The maximum Gasteiger partial charge on any atom is 0.236 e. The highest BCUT2D eigenvalue weighted by Gasteiger charge is 2.26. The fourth-order valence-electron chi connectivity index (χ4n) is 1.70. The Labute approximate surface area is 110 Å². The van der Waals surface area contributed by atoms with E-state index in [0.29, 0.717) is 0 Å². The van der Waals surface area contributed by atoms with Crippen molar-refractivity contribution in [2.75, 3.05) is 6.54 Å². The maximum atomic E-state index is 11.8. The Kier molecular flexibility index (Phi) is 3.85. The first kappa shape index (κ1) is 11.6. The Morgan fingerprint density at radius 1 is 1.60 bits per heavy atom. The van der Waals surface area contributed by atoms with E-state index in [1.165, 1.54) is 5.56 Å². The second kappa shape index (κ2) is 4.97. The normalized spacial score (nSPS) is 22.1. The maximum absolute atomic E-state index is 11.8. The van der Waals surface area contributed by atoms with Gasteiger partial charge in [-0.15, -0.1) is 11.3 Å². The Morgan fingerprint density at radius 2 is 2.40 bits per heavy atom. The molecule has 0 radical (unpaired) electrons. The van der Waals surface area contributed by atoms with E-state index >= 15 is 0 Å². The summed E-state index contributed by atoms with van der Waals surface area (Å²) in [6, 6.07) is 2.08. The number of carbonyl (C=O) groups excluding carboxylic acids is 1. The summed E-state index contributed by atoms with van der Waals surface area (Å²) in [5.74, 6) is 0.226. The van der Waals surface area contributed by atoms with Crippen LogP contribution in [-0.4, -0.2) is 22.2 Å². The van der Waals surface area contributed by atoms with Crippen molar-refractivity contribution < 1.29 is 4.79 Å². The van der Waals surface area contributed by atoms with Crippen LogP contribution in [0.1, 0.15) is 18.4 Å². The lowest BCUT2D eigenvalue weighted by Crippen LogP contribution is -2.40. The van der Waals surface area contributed by atoms with Crippen LogP contribution in [0.2, 0.25) is 0 Å². The molecule has 1 atom stereocenters. The van der Waals surface area contributed by atoms with Crippen molar-refractivity contribution in [2.24, 2.45) is 0 Å². The van der Waals surface area contributed by atoms with Crippen LogP contribution in [0.25, 0.3) is 0 Å². The average molecular weight is 353 g/mol. The summed E-state index contributed by atoms with van der Waals surface area (Å²) >= 11 is 8.51. The number of nitrogens with zero attached hydrogens (tertiary/aromatic N) is 1. The third-order valence-electron chi connectivity index (χ3n) is 2.46. The molecule has 15 heavy (non-hydrogen) atoms. The zero-order valence-corrected chi connectivity index (χ0v) is 12.1. The number of piperidine rings is 1. The lowest BCUT2D eigenvalue weighted by molar-refractivity contribution is -0.133. The Bertz CT molecular complexity index is 366. The van der Waals surface area contributed by atoms with Gasteiger partial charge in [0.2, 0.25) is 5.91 Å². The molecule has 0 spiro atoms. The van der Waals surface area contributed by atoms with Gasteiger partial charge in [0, 0.05) is 13.1 Å². The molecule has 1 aromatic heterocycles. The van der Waals surface area contributed by atoms with Crippen molar-refractivity contribution >= 4 is 49.1 Å². The van der Waals surface area contributed by atoms with E-state index in [4.69, 9.17) is 0 Å². The number of alkyl halides is 1. The molecule has 1 saturated heterocycles. The Hall–Kier alpha value is 0.130. The minimum absolute atomic E-state index is 0.0216. The van der Waals surface area contributed by atoms with Gasteiger partial charge in [0.25, 0.3) is 0 Å². The van der Waals surface area contributed by atoms with Crippen molar-refractivity contribution in [3.8, 4) is 0 Å². The number of rotatable bonds is 2. The van der Waals surface area contributed by atoms with Crippen molar-refractivity contribution in [3.05, 3.63) is 20.8 Å². The minimum Gasteiger partial charge on any atom is -0.337 e. The molecule has 0 bridgehead atoms. The fraction of sp³-hybridized carbons (Fsp3) is 0.500. The van der Waals surface area contributed by atoms with Crippen LogP contribution in [0.3, 0.4) is 0 Å². The molecule has 2 heterocycles. The number of halogens is 2. The lowest BCUT2D eigenvalue weighted by Gasteiger charge is -2.29. The molecule has 82 valence electrons. The van der Waals surface area contributed by atoms with E-state index in [9.17, 15) is 4.79 Å². The summed E-state index contributed by atoms with van der Waals surface area (Å²) in [7, 11) is 0. The highest BCUT2D eigenvalue weighted by molar-refractivity contribution is 9.11. The van der Waals surface area contributed by atoms with E-state index in [0.717, 1.165) is 29.7 Å². The summed E-state index contributed by atoms with van der Waals surface area (Å²) < 4.78 is 1.12. The van der Waals surface area contributed by atoms with Gasteiger partial charge in [0.15, 0.2) is 0 Å². The number of thiophene rings is 1. The van der Waals surface area contributed by atoms with Crippen LogP contribution >= 0.6 is 43.2 Å². The van der Waals surface area contributed by atoms with Crippen molar-refractivity contribution in [1.29, 1.82) is 0 Å². The van der Waals surface area contributed by atoms with Gasteiger partial charge < -0.3 is 4.90 Å². The van der Waals surface area contributed by atoms with E-state index in [-0.39, 0.29) is 10.7 Å². The van der Waals surface area contributed by atoms with E-state index in [1.807, 2.05) is 4.90 Å². The molecule has 5 heteroatoms. The molecule has 0 aromatic carbocycles. The fourth-order valence-corrected chi connectivity index (χ4v) is 3.51. The first-order valence-corrected chi connectivity index (χ1v) is 7.41. The monoisotopic (exact) mass is 351 g/mol. The van der Waals surface area contributed by atoms with Gasteiger partial charge in [-0.25, -0.2) is 0 Å². The van der Waals surface area contributed by atoms with Gasteiger partial charge in [0.1, 0.15) is 0 Å². The summed E-state index contributed by atoms with van der Waals surface area (Å²) in [5, 5.41) is 2.09. The van der Waals surface area contributed by atoms with Crippen molar-refractivity contribution in [1.82, 2.24) is 4.90 Å². The first-order chi connectivity index (χ1) is 7.16. The summed E-state index contributed by atoms with van der Waals surface area (Å²) in [4.78, 5) is 13.8. The lowest BCUT2D eigenvalue weighted by atomic mass is 10.1. The third kappa shape index (κ3) is 2.82. The smallest absolute Gasteiger partial charge is 0.236 e. The van der Waals surface area contributed by atoms with Crippen molar-refractivity contribution in [3.63, 3.8) is 0 Å². The molecule has 2 nitrogen and oxygen atoms in total. The predicted octanol–water partition coefficient (Wildman–Crippen LogP) is 3.40. The van der Waals surface area contributed by atoms with Crippen LogP contribution in [0.15, 0.2) is 15.2 Å². The molecule has 1 unspecified atom stereocenters. The average Bonchev–Trinajstić information content (AvgIpc) is 2.59. The van der Waals surface area contributed by atoms with Crippen LogP contribution in [0.5, 0.6) is 0 Å². The summed E-state index contributed by atoms with van der Waals surface area (Å²) in [5.41, 5.74) is 1.21. The zero-order valence-electron chi connectivity index (χ0n) is 8.08. The quantitative estimate of drug-likeness (QED) is 0.747. The van der Waals surface area contributed by atoms with Gasteiger partial charge in [-0.2, -0.15) is 0 Å². The minimum atomic E-state index is 0.0216. The number of amides is 1. The highest BCUT2D eigenvalue weighted by Crippen LogP contribution is 2.24. The Morgan fingerprint density at radius 3 is 3.07 bits per heavy atom. The van der Waals surface area contributed by atoms with E-state index in [2.05, 4.69) is 43.3 Å². The van der Waals surface area contributed by atoms with E-state index in [1.54, 1.807) is 11.3 Å². The third-order valence-corrected chi connectivity index (χ3v) is 4.86. The predicted molar refractivity (Wildman–Crippen MR) is 69.4 cm³/mol. The highest BCUT2D eigenvalue weighted by atomic mass is 79.9. The standard InChI is InChI=1S/C10H11Br2NOS/c11-8-2-1-3-13(10(8)14)5-7-4-9(12)15-6-7/h4,6,8H,1-3,5H2. The van der Waals surface area contributed by atoms with Gasteiger partial charge >= 0.3 is 0 Å². The SMILES string of the molecule is O=C1C(Br)CCCN1Cc1csc(Br)c1. The molecular formula is C10H11Br2NOS. The molecule has 1 aromatic rings. The molecule has 1 aliphatic rings. The van der Waals surface area contributed by atoms with E-state index < -0.39 is 0 Å². The first-order valence-electron chi connectivity index (χ1n) is 4.82. The largest absolute Gasteiger partial charge is 0.337 e. The molecule has 1 fully saturated rings. The number of carbonyl (C=O) groups is 1. The summed E-state index contributed by atoms with van der Waals surface area (Å²) in [6.07, 6.45) is 2.05. The van der Waals surface area contributed by atoms with Crippen LogP contribution in [0.4, 0.5) is 0 Å². The topological polar surface area (TPSA) is 20.3 Å². The second-order valence-electron chi connectivity index (χ2n) is 3.63. The molecule has 1 aliphatic heterocycles. The summed E-state index contributed by atoms with van der Waals surface area (Å²) in [6.45, 7) is 1.62. The number of likely N-dealkylation sites (tertiary alicyclic amines) is 1. The van der Waals surface area contributed by atoms with Gasteiger partial charge in [-0.1, -0.05) is 15.9 Å². The number of hydrogen-bond acceptors (Lipinski definition) is 2. The van der Waals surface area contributed by atoms with Crippen LogP contribution in [-0.2, 0) is 11.3 Å². The van der Waals surface area contributed by atoms with Gasteiger partial charge in [0.05, 0.1) is 8.61 Å². The molecule has 0 saturated carbocycles. The molecule has 1 amide bonds. The van der Waals surface area contributed by atoms with Crippen LogP contribution < -0.4 is 0 Å². The molecule has 0 N–H and O–H groups in total. The Balaban J connectivity index is 2.02. The van der Waals surface area contributed by atoms with Crippen LogP contribution in [0, 0.1) is 0 Å². The van der Waals surface area contributed by atoms with Gasteiger partial charge in [-0.3, -0.25) is 4.79 Å². The zero-order chi connectivity index (χ0) is 10.8. The molecule has 0 aliphatic carbocycles. The second-order valence-corrected chi connectivity index (χ2v) is 7.02. The van der Waals surface area contributed by atoms with Gasteiger partial charge in [-0.05, 0) is 45.8 Å². The number of hydrogen-bond donors (Lipinski definition) is 0.